The molecule has 9 heteroatoms. The van der Waals surface area contributed by atoms with E-state index < -0.39 is 0 Å². The quantitative estimate of drug-likeness (QED) is 0.330. The Labute approximate surface area is 228 Å². The molecule has 2 aliphatic rings. The minimum Gasteiger partial charge on any atom is -0.457 e. The van der Waals surface area contributed by atoms with E-state index in [0.717, 1.165) is 95.8 Å². The van der Waals surface area contributed by atoms with E-state index in [-0.39, 0.29) is 19.6 Å². The molecule has 1 aromatic carbocycles. The first kappa shape index (κ1) is 26.3. The first-order valence-electron chi connectivity index (χ1n) is 13.0. The van der Waals surface area contributed by atoms with E-state index in [1.54, 1.807) is 17.5 Å². The Morgan fingerprint density at radius 3 is 2.58 bits per heavy atom. The van der Waals surface area contributed by atoms with Gasteiger partial charge in [-0.15, -0.1) is 0 Å². The second-order valence-corrected chi connectivity index (χ2v) is 11.0. The number of aliphatic hydroxyl groups is 1. The number of aromatic nitrogens is 3. The second-order valence-electron chi connectivity index (χ2n) is 9.92. The number of nitrogens with one attached hydrogen (secondary N) is 1. The van der Waals surface area contributed by atoms with Crippen LogP contribution in [0.5, 0.6) is 11.5 Å². The molecular formula is C29H36N6O2S. The van der Waals surface area contributed by atoms with Gasteiger partial charge in [-0.05, 0) is 50.2 Å². The highest BCUT2D eigenvalue weighted by molar-refractivity contribution is 7.22. The molecule has 0 amide bonds. The molecule has 1 aliphatic carbocycles. The van der Waals surface area contributed by atoms with E-state index >= 15 is 0 Å². The number of hydrogen-bond acceptors (Lipinski definition) is 9. The molecule has 2 N–H and O–H groups in total. The summed E-state index contributed by atoms with van der Waals surface area (Å²) in [6.07, 6.45) is 7.39. The number of rotatable bonds is 6. The van der Waals surface area contributed by atoms with Gasteiger partial charge >= 0.3 is 0 Å². The predicted octanol–water partition coefficient (Wildman–Crippen LogP) is 5.65. The van der Waals surface area contributed by atoms with E-state index in [1.165, 1.54) is 0 Å². The molecule has 4 aromatic rings. The van der Waals surface area contributed by atoms with Gasteiger partial charge in [-0.2, -0.15) is 0 Å². The highest BCUT2D eigenvalue weighted by Crippen LogP contribution is 2.34. The number of fused-ring (bicyclic) bond motifs is 1. The molecule has 6 rings (SSSR count). The summed E-state index contributed by atoms with van der Waals surface area (Å²) in [6, 6.07) is 14.0. The van der Waals surface area contributed by atoms with Gasteiger partial charge in [0.25, 0.3) is 0 Å². The number of likely N-dealkylation sites (N-methyl/N-ethyl adjacent to an activating group) is 1. The van der Waals surface area contributed by atoms with Gasteiger partial charge < -0.3 is 25.0 Å². The summed E-state index contributed by atoms with van der Waals surface area (Å²) in [5.74, 6) is 2.47. The lowest BCUT2D eigenvalue weighted by Gasteiger charge is -2.33. The monoisotopic (exact) mass is 532 g/mol. The topological polar surface area (TPSA) is 86.6 Å². The van der Waals surface area contributed by atoms with Crippen molar-refractivity contribution in [3.63, 3.8) is 0 Å². The van der Waals surface area contributed by atoms with Crippen molar-refractivity contribution in [2.45, 2.75) is 45.3 Å². The summed E-state index contributed by atoms with van der Waals surface area (Å²) in [7, 11) is 2.15. The maximum Gasteiger partial charge on any atom is 0.184 e. The largest absolute Gasteiger partial charge is 0.457 e. The zero-order valence-corrected chi connectivity index (χ0v) is 21.8. The van der Waals surface area contributed by atoms with Crippen molar-refractivity contribution < 1.29 is 9.84 Å². The predicted molar refractivity (Wildman–Crippen MR) is 155 cm³/mol. The molecule has 1 saturated heterocycles. The minimum absolute atomic E-state index is 0. The molecule has 2 atom stereocenters. The molecule has 1 saturated carbocycles. The fraction of sp³-hybridized carbons (Fsp3) is 0.414. The maximum atomic E-state index is 10.3. The smallest absolute Gasteiger partial charge is 0.184 e. The van der Waals surface area contributed by atoms with Gasteiger partial charge in [-0.1, -0.05) is 31.6 Å². The van der Waals surface area contributed by atoms with Crippen molar-refractivity contribution in [2.75, 3.05) is 43.4 Å². The molecule has 0 spiro atoms. The van der Waals surface area contributed by atoms with Gasteiger partial charge in [0.15, 0.2) is 5.13 Å². The number of aliphatic hydroxyl groups excluding tert-OH is 1. The number of benzene rings is 1. The van der Waals surface area contributed by atoms with Crippen molar-refractivity contribution in [2.24, 2.45) is 0 Å². The lowest BCUT2D eigenvalue weighted by atomic mass is 9.93. The lowest BCUT2D eigenvalue weighted by Crippen LogP contribution is -2.44. The molecule has 8 nitrogen and oxygen atoms in total. The van der Waals surface area contributed by atoms with Crippen LogP contribution >= 0.6 is 11.3 Å². The van der Waals surface area contributed by atoms with Crippen LogP contribution < -0.4 is 15.0 Å². The fourth-order valence-electron chi connectivity index (χ4n) is 5.02. The Morgan fingerprint density at radius 1 is 0.947 bits per heavy atom. The SMILES string of the molecule is C.CN1CCN(c2cc(-c3cc(Oc4ccc5nc(N[C@@H]6CCCC[C@H]6O)sc5c4)ccn3)ccn2)CC1. The fourth-order valence-corrected chi connectivity index (χ4v) is 5.98. The first-order valence-corrected chi connectivity index (χ1v) is 13.8. The van der Waals surface area contributed by atoms with E-state index in [2.05, 4.69) is 38.2 Å². The van der Waals surface area contributed by atoms with Gasteiger partial charge in [0.2, 0.25) is 0 Å². The van der Waals surface area contributed by atoms with Crippen molar-refractivity contribution in [3.8, 4) is 22.8 Å². The third-order valence-electron chi connectivity index (χ3n) is 7.23. The van der Waals surface area contributed by atoms with Crippen LogP contribution in [-0.4, -0.2) is 70.3 Å². The number of pyridine rings is 2. The van der Waals surface area contributed by atoms with Crippen LogP contribution in [0.4, 0.5) is 10.9 Å². The number of anilines is 2. The number of nitrogens with zero attached hydrogens (tertiary/aromatic N) is 5. The van der Waals surface area contributed by atoms with Gasteiger partial charge in [0.1, 0.15) is 17.3 Å². The average molecular weight is 533 g/mol. The number of hydrogen-bond donors (Lipinski definition) is 2. The molecule has 0 radical (unpaired) electrons. The van der Waals surface area contributed by atoms with Crippen LogP contribution in [-0.2, 0) is 0 Å². The normalized spacial score (nSPS) is 20.2. The first-order chi connectivity index (χ1) is 18.1. The van der Waals surface area contributed by atoms with Crippen molar-refractivity contribution in [3.05, 3.63) is 54.9 Å². The van der Waals surface area contributed by atoms with Crippen LogP contribution in [0.1, 0.15) is 33.1 Å². The van der Waals surface area contributed by atoms with Crippen LogP contribution in [0.25, 0.3) is 21.5 Å². The molecule has 200 valence electrons. The van der Waals surface area contributed by atoms with Crippen LogP contribution in [0.15, 0.2) is 54.9 Å². The lowest BCUT2D eigenvalue weighted by molar-refractivity contribution is 0.116. The Kier molecular flexibility index (Phi) is 8.06. The van der Waals surface area contributed by atoms with Gasteiger partial charge in [0, 0.05) is 56.3 Å². The van der Waals surface area contributed by atoms with Crippen LogP contribution in [0.3, 0.4) is 0 Å². The van der Waals surface area contributed by atoms with Crippen molar-refractivity contribution >= 4 is 32.5 Å². The Hall–Kier alpha value is -3.27. The third kappa shape index (κ3) is 5.90. The Balaban J connectivity index is 0.00000294. The van der Waals surface area contributed by atoms with E-state index in [1.807, 2.05) is 42.6 Å². The maximum absolute atomic E-state index is 10.3. The van der Waals surface area contributed by atoms with Gasteiger partial charge in [0.05, 0.1) is 28.1 Å². The summed E-state index contributed by atoms with van der Waals surface area (Å²) >= 11 is 1.59. The standard InChI is InChI=1S/C28H32N6O2S.CH4/c1-33-12-14-34(15-13-33)27-16-19(8-10-30-27)24-17-21(9-11-29-24)36-20-6-7-23-26(18-20)37-28(32-23)31-22-4-2-3-5-25(22)35;/h6-11,16-18,22,25,35H,2-5,12-15H2,1H3,(H,31,32);1H4/t22-,25-;/m1./s1. The molecule has 3 aromatic heterocycles. The molecule has 0 unspecified atom stereocenters. The zero-order chi connectivity index (χ0) is 25.2. The highest BCUT2D eigenvalue weighted by atomic mass is 32.1. The van der Waals surface area contributed by atoms with E-state index in [9.17, 15) is 5.11 Å². The summed E-state index contributed by atoms with van der Waals surface area (Å²) in [6.45, 7) is 4.03. The molecular weight excluding hydrogens is 496 g/mol. The van der Waals surface area contributed by atoms with Crippen molar-refractivity contribution in [1.82, 2.24) is 19.9 Å². The van der Waals surface area contributed by atoms with Gasteiger partial charge in [-0.25, -0.2) is 9.97 Å². The summed E-state index contributed by atoms with van der Waals surface area (Å²) in [4.78, 5) is 18.6. The Morgan fingerprint density at radius 2 is 1.74 bits per heavy atom. The number of piperazine rings is 1. The Bertz CT molecular complexity index is 1370. The summed E-state index contributed by atoms with van der Waals surface area (Å²) in [5, 5.41) is 14.6. The molecule has 38 heavy (non-hydrogen) atoms. The number of ether oxygens (including phenoxy) is 1. The third-order valence-corrected chi connectivity index (χ3v) is 8.18. The summed E-state index contributed by atoms with van der Waals surface area (Å²) in [5.41, 5.74) is 2.80. The van der Waals surface area contributed by atoms with Crippen LogP contribution in [0.2, 0.25) is 0 Å². The van der Waals surface area contributed by atoms with E-state index in [4.69, 9.17) is 9.72 Å². The highest BCUT2D eigenvalue weighted by Gasteiger charge is 2.24. The van der Waals surface area contributed by atoms with E-state index in [0.29, 0.717) is 0 Å². The zero-order valence-electron chi connectivity index (χ0n) is 21.0. The average Bonchev–Trinajstić information content (AvgIpc) is 3.32. The van der Waals surface area contributed by atoms with Crippen molar-refractivity contribution in [1.29, 1.82) is 0 Å². The molecule has 1 aliphatic heterocycles. The van der Waals surface area contributed by atoms with Crippen LogP contribution in [0, 0.1) is 0 Å². The minimum atomic E-state index is -0.307. The number of thiazole rings is 1. The molecule has 2 fully saturated rings. The molecule has 4 heterocycles. The second kappa shape index (κ2) is 11.6. The van der Waals surface area contributed by atoms with Gasteiger partial charge in [-0.3, -0.25) is 4.98 Å². The molecule has 0 bridgehead atoms. The summed E-state index contributed by atoms with van der Waals surface area (Å²) < 4.78 is 7.28.